The van der Waals surface area contributed by atoms with Crippen molar-refractivity contribution in [3.05, 3.63) is 90.0 Å². The fourth-order valence-electron chi connectivity index (χ4n) is 4.04. The van der Waals surface area contributed by atoms with Crippen LogP contribution in [0.5, 0.6) is 0 Å². The molecule has 5 N–H and O–H groups in total. The summed E-state index contributed by atoms with van der Waals surface area (Å²) >= 11 is 0. The summed E-state index contributed by atoms with van der Waals surface area (Å²) in [5, 5.41) is 10.6. The molecule has 1 aliphatic rings. The van der Waals surface area contributed by atoms with Crippen molar-refractivity contribution in [3.63, 3.8) is 0 Å². The quantitative estimate of drug-likeness (QED) is 0.465. The average molecular weight is 478 g/mol. The van der Waals surface area contributed by atoms with Crippen LogP contribution in [0.3, 0.4) is 0 Å². The lowest BCUT2D eigenvalue weighted by molar-refractivity contribution is 0.113. The van der Waals surface area contributed by atoms with Gasteiger partial charge in [-0.1, -0.05) is 18.7 Å². The van der Waals surface area contributed by atoms with Crippen LogP contribution in [-0.2, 0) is 10.0 Å². The molecule has 0 saturated carbocycles. The molecule has 0 atom stereocenters. The van der Waals surface area contributed by atoms with Crippen LogP contribution in [0.1, 0.15) is 18.4 Å². The normalized spacial score (nSPS) is 15.9. The Balaban J connectivity index is 1.79. The molecule has 0 aliphatic carbocycles. The number of hydrogen-bond donors (Lipinski definition) is 3. The van der Waals surface area contributed by atoms with Crippen LogP contribution in [-0.4, -0.2) is 47.0 Å². The fraction of sp³-hybridized carbons (Fsp3) is 0.200. The van der Waals surface area contributed by atoms with Gasteiger partial charge in [-0.25, -0.2) is 8.42 Å². The fourth-order valence-corrected chi connectivity index (χ4v) is 5.58. The third-order valence-corrected chi connectivity index (χ3v) is 7.85. The zero-order valence-corrected chi connectivity index (χ0v) is 19.4. The molecule has 1 fully saturated rings. The summed E-state index contributed by atoms with van der Waals surface area (Å²) in [6.45, 7) is 4.28. The SMILES string of the molecule is C=C/C(=C\C(=C(N)N)S(=O)(=O)N1CCC(O)CC1)c1ccc2nccc(-c3ccncc3)c2c1. The number of nitrogens with two attached hydrogens (primary N) is 2. The molecule has 1 aromatic carbocycles. The minimum atomic E-state index is -3.95. The van der Waals surface area contributed by atoms with Crippen molar-refractivity contribution < 1.29 is 13.5 Å². The first-order valence-corrected chi connectivity index (χ1v) is 12.3. The molecule has 9 heteroatoms. The molecule has 3 aromatic rings. The van der Waals surface area contributed by atoms with Gasteiger partial charge in [0.05, 0.1) is 11.6 Å². The van der Waals surface area contributed by atoms with Gasteiger partial charge >= 0.3 is 0 Å². The van der Waals surface area contributed by atoms with Crippen molar-refractivity contribution >= 4 is 26.5 Å². The molecule has 0 amide bonds. The van der Waals surface area contributed by atoms with E-state index in [-0.39, 0.29) is 23.8 Å². The highest BCUT2D eigenvalue weighted by Gasteiger charge is 2.31. The van der Waals surface area contributed by atoms with Gasteiger partial charge in [0.15, 0.2) is 0 Å². The predicted molar refractivity (Wildman–Crippen MR) is 134 cm³/mol. The van der Waals surface area contributed by atoms with Gasteiger partial charge < -0.3 is 16.6 Å². The lowest BCUT2D eigenvalue weighted by atomic mass is 9.97. The van der Waals surface area contributed by atoms with Gasteiger partial charge in [0.25, 0.3) is 0 Å². The van der Waals surface area contributed by atoms with Crippen LogP contribution >= 0.6 is 0 Å². The molecule has 34 heavy (non-hydrogen) atoms. The molecule has 8 nitrogen and oxygen atoms in total. The molecule has 0 bridgehead atoms. The Hall–Kier alpha value is -3.53. The number of nitrogens with zero attached hydrogens (tertiary/aromatic N) is 3. The Kier molecular flexibility index (Phi) is 6.78. The van der Waals surface area contributed by atoms with Gasteiger partial charge in [-0.2, -0.15) is 4.31 Å². The van der Waals surface area contributed by atoms with Crippen molar-refractivity contribution in [2.45, 2.75) is 18.9 Å². The Labute approximate surface area is 199 Å². The van der Waals surface area contributed by atoms with Crippen LogP contribution < -0.4 is 11.5 Å². The van der Waals surface area contributed by atoms with Crippen molar-refractivity contribution in [1.82, 2.24) is 14.3 Å². The van der Waals surface area contributed by atoms with Crippen molar-refractivity contribution in [1.29, 1.82) is 0 Å². The first-order chi connectivity index (χ1) is 16.3. The largest absolute Gasteiger partial charge is 0.393 e. The van der Waals surface area contributed by atoms with Crippen LogP contribution in [0.25, 0.3) is 27.6 Å². The van der Waals surface area contributed by atoms with E-state index in [1.807, 2.05) is 36.4 Å². The smallest absolute Gasteiger partial charge is 0.246 e. The molecule has 176 valence electrons. The first kappa shape index (κ1) is 23.6. The molecule has 0 radical (unpaired) electrons. The van der Waals surface area contributed by atoms with E-state index < -0.39 is 16.1 Å². The lowest BCUT2D eigenvalue weighted by Crippen LogP contribution is -2.41. The zero-order chi connectivity index (χ0) is 24.3. The van der Waals surface area contributed by atoms with Gasteiger partial charge in [-0.3, -0.25) is 9.97 Å². The van der Waals surface area contributed by atoms with E-state index in [4.69, 9.17) is 11.5 Å². The van der Waals surface area contributed by atoms with Crippen molar-refractivity contribution in [2.75, 3.05) is 13.1 Å². The van der Waals surface area contributed by atoms with Crippen molar-refractivity contribution in [2.24, 2.45) is 11.5 Å². The van der Waals surface area contributed by atoms with Gasteiger partial charge in [0.1, 0.15) is 10.7 Å². The standard InChI is InChI=1S/C25H27N5O3S/c1-2-17(16-24(25(26)27)34(32,33)30-13-8-20(31)9-14-30)19-3-4-23-22(15-19)21(7-12-29-23)18-5-10-28-11-6-18/h2-7,10-12,15-16,20,31H,1,8-9,13-14,26-27H2/b17-16+. The van der Waals surface area contributed by atoms with E-state index in [2.05, 4.69) is 16.5 Å². The minimum absolute atomic E-state index is 0.181. The molecule has 1 saturated heterocycles. The molecule has 0 spiro atoms. The predicted octanol–water partition coefficient (Wildman–Crippen LogP) is 2.74. The molecule has 3 heterocycles. The van der Waals surface area contributed by atoms with Gasteiger partial charge in [-0.05, 0) is 71.5 Å². The Morgan fingerprint density at radius 3 is 2.44 bits per heavy atom. The number of sulfonamides is 1. The summed E-state index contributed by atoms with van der Waals surface area (Å²) in [7, 11) is -3.95. The summed E-state index contributed by atoms with van der Waals surface area (Å²) < 4.78 is 27.9. The zero-order valence-electron chi connectivity index (χ0n) is 18.6. The summed E-state index contributed by atoms with van der Waals surface area (Å²) in [6, 6.07) is 11.4. The van der Waals surface area contributed by atoms with Crippen LogP contribution in [0.15, 0.2) is 84.4 Å². The summed E-state index contributed by atoms with van der Waals surface area (Å²) in [5.41, 5.74) is 15.7. The highest BCUT2D eigenvalue weighted by molar-refractivity contribution is 7.93. The third-order valence-electron chi connectivity index (χ3n) is 5.90. The number of benzene rings is 1. The maximum Gasteiger partial charge on any atom is 0.246 e. The van der Waals surface area contributed by atoms with E-state index in [0.29, 0.717) is 18.4 Å². The number of rotatable bonds is 6. The van der Waals surface area contributed by atoms with E-state index in [0.717, 1.165) is 27.6 Å². The van der Waals surface area contributed by atoms with Crippen LogP contribution in [0, 0.1) is 0 Å². The number of allylic oxidation sites excluding steroid dienone is 3. The summed E-state index contributed by atoms with van der Waals surface area (Å²) in [5.74, 6) is -0.301. The second-order valence-electron chi connectivity index (χ2n) is 8.08. The van der Waals surface area contributed by atoms with E-state index in [1.54, 1.807) is 24.7 Å². The lowest BCUT2D eigenvalue weighted by Gasteiger charge is -2.29. The number of aliphatic hydroxyl groups is 1. The van der Waals surface area contributed by atoms with Gasteiger partial charge in [-0.15, -0.1) is 0 Å². The van der Waals surface area contributed by atoms with Crippen LogP contribution in [0.4, 0.5) is 0 Å². The maximum atomic E-state index is 13.3. The third kappa shape index (κ3) is 4.72. The number of fused-ring (bicyclic) bond motifs is 1. The average Bonchev–Trinajstić information content (AvgIpc) is 2.84. The number of aromatic nitrogens is 2. The van der Waals surface area contributed by atoms with Crippen LogP contribution in [0.2, 0.25) is 0 Å². The second-order valence-corrected chi connectivity index (χ2v) is 9.99. The molecule has 4 rings (SSSR count). The maximum absolute atomic E-state index is 13.3. The summed E-state index contributed by atoms with van der Waals surface area (Å²) in [6.07, 6.45) is 8.45. The van der Waals surface area contributed by atoms with Crippen molar-refractivity contribution in [3.8, 4) is 11.1 Å². The topological polar surface area (TPSA) is 135 Å². The number of piperidine rings is 1. The molecular weight excluding hydrogens is 450 g/mol. The Bertz CT molecular complexity index is 1370. The highest BCUT2D eigenvalue weighted by atomic mass is 32.2. The van der Waals surface area contributed by atoms with Gasteiger partial charge in [0.2, 0.25) is 10.0 Å². The van der Waals surface area contributed by atoms with Gasteiger partial charge in [0, 0.05) is 37.1 Å². The Morgan fingerprint density at radius 2 is 1.79 bits per heavy atom. The first-order valence-electron chi connectivity index (χ1n) is 10.9. The number of aliphatic hydroxyl groups excluding tert-OH is 1. The molecule has 1 aliphatic heterocycles. The number of pyridine rings is 2. The second kappa shape index (κ2) is 9.76. The number of hydrogen-bond acceptors (Lipinski definition) is 7. The van der Waals surface area contributed by atoms with E-state index >= 15 is 0 Å². The minimum Gasteiger partial charge on any atom is -0.393 e. The molecular formula is C25H27N5O3S. The molecule has 0 unspecified atom stereocenters. The monoisotopic (exact) mass is 477 g/mol. The highest BCUT2D eigenvalue weighted by Crippen LogP contribution is 2.31. The molecule has 2 aromatic heterocycles. The van der Waals surface area contributed by atoms with E-state index in [9.17, 15) is 13.5 Å². The Morgan fingerprint density at radius 1 is 1.09 bits per heavy atom. The summed E-state index contributed by atoms with van der Waals surface area (Å²) in [4.78, 5) is 8.36. The van der Waals surface area contributed by atoms with E-state index in [1.165, 1.54) is 10.4 Å².